The molecule has 0 aliphatic carbocycles. The van der Waals surface area contributed by atoms with Crippen molar-refractivity contribution in [3.05, 3.63) is 52.2 Å². The lowest BCUT2D eigenvalue weighted by atomic mass is 10.1. The van der Waals surface area contributed by atoms with Gasteiger partial charge in [0.1, 0.15) is 5.82 Å². The van der Waals surface area contributed by atoms with E-state index in [-0.39, 0.29) is 17.6 Å². The Kier molecular flexibility index (Phi) is 6.32. The molecule has 0 unspecified atom stereocenters. The number of anilines is 1. The molecule has 1 N–H and O–H groups in total. The molecular formula is C24H25FN2O4S. The van der Waals surface area contributed by atoms with Crippen molar-refractivity contribution in [1.29, 1.82) is 0 Å². The molecule has 168 valence electrons. The summed E-state index contributed by atoms with van der Waals surface area (Å²) in [6.07, 6.45) is 3.02. The third kappa shape index (κ3) is 4.14. The van der Waals surface area contributed by atoms with Gasteiger partial charge in [0.2, 0.25) is 0 Å². The molecule has 1 saturated heterocycles. The van der Waals surface area contributed by atoms with Crippen molar-refractivity contribution in [2.45, 2.75) is 26.2 Å². The minimum Gasteiger partial charge on any atom is -0.493 e. The van der Waals surface area contributed by atoms with Gasteiger partial charge in [0.25, 0.3) is 11.8 Å². The van der Waals surface area contributed by atoms with Crippen molar-refractivity contribution in [3.63, 3.8) is 0 Å². The Morgan fingerprint density at radius 1 is 1.03 bits per heavy atom. The van der Waals surface area contributed by atoms with Crippen molar-refractivity contribution >= 4 is 38.9 Å². The highest BCUT2D eigenvalue weighted by molar-refractivity contribution is 7.21. The average Bonchev–Trinajstić information content (AvgIpc) is 3.14. The number of carbonyl (C=O) groups is 2. The molecule has 0 spiro atoms. The molecule has 2 amide bonds. The number of hydrogen-bond donors (Lipinski definition) is 1. The summed E-state index contributed by atoms with van der Waals surface area (Å²) in [5, 5.41) is 3.59. The molecule has 8 heteroatoms. The largest absolute Gasteiger partial charge is 0.493 e. The zero-order valence-corrected chi connectivity index (χ0v) is 19.1. The van der Waals surface area contributed by atoms with Gasteiger partial charge in [0, 0.05) is 23.9 Å². The van der Waals surface area contributed by atoms with E-state index in [4.69, 9.17) is 9.47 Å². The Morgan fingerprint density at radius 2 is 1.72 bits per heavy atom. The van der Waals surface area contributed by atoms with Gasteiger partial charge in [-0.05, 0) is 61.4 Å². The Morgan fingerprint density at radius 3 is 2.41 bits per heavy atom. The third-order valence-electron chi connectivity index (χ3n) is 5.75. The summed E-state index contributed by atoms with van der Waals surface area (Å²) >= 11 is 1.29. The van der Waals surface area contributed by atoms with Gasteiger partial charge >= 0.3 is 0 Å². The summed E-state index contributed by atoms with van der Waals surface area (Å²) < 4.78 is 25.3. The second-order valence-corrected chi connectivity index (χ2v) is 8.81. The second-order valence-electron chi connectivity index (χ2n) is 7.76. The quantitative estimate of drug-likeness (QED) is 0.570. The van der Waals surface area contributed by atoms with Gasteiger partial charge in [0.15, 0.2) is 11.5 Å². The van der Waals surface area contributed by atoms with Crippen molar-refractivity contribution < 1.29 is 23.5 Å². The maximum absolute atomic E-state index is 13.7. The fraction of sp³-hybridized carbons (Fsp3) is 0.333. The van der Waals surface area contributed by atoms with Gasteiger partial charge in [-0.2, -0.15) is 0 Å². The van der Waals surface area contributed by atoms with Gasteiger partial charge in [-0.3, -0.25) is 9.59 Å². The molecule has 32 heavy (non-hydrogen) atoms. The summed E-state index contributed by atoms with van der Waals surface area (Å²) in [6, 6.07) is 7.69. The number of likely N-dealkylation sites (tertiary alicyclic amines) is 1. The summed E-state index contributed by atoms with van der Waals surface area (Å²) in [4.78, 5) is 28.8. The summed E-state index contributed by atoms with van der Waals surface area (Å²) in [6.45, 7) is 3.16. The van der Waals surface area contributed by atoms with Crippen LogP contribution in [0.1, 0.15) is 44.9 Å². The molecule has 1 aliphatic rings. The number of halogens is 1. The van der Waals surface area contributed by atoms with E-state index in [9.17, 15) is 14.0 Å². The van der Waals surface area contributed by atoms with Crippen molar-refractivity contribution in [1.82, 2.24) is 4.90 Å². The highest BCUT2D eigenvalue weighted by Gasteiger charge is 2.25. The fourth-order valence-corrected chi connectivity index (χ4v) is 5.10. The third-order valence-corrected chi connectivity index (χ3v) is 7.02. The van der Waals surface area contributed by atoms with E-state index in [0.29, 0.717) is 51.7 Å². The minimum atomic E-state index is -0.357. The number of benzene rings is 2. The van der Waals surface area contributed by atoms with Crippen LogP contribution in [0, 0.1) is 12.7 Å². The number of nitrogens with one attached hydrogen (secondary N) is 1. The van der Waals surface area contributed by atoms with Crippen LogP contribution in [0.15, 0.2) is 30.3 Å². The molecule has 1 aromatic heterocycles. The monoisotopic (exact) mass is 456 g/mol. The molecule has 3 aromatic rings. The minimum absolute atomic E-state index is 0.156. The van der Waals surface area contributed by atoms with Crippen LogP contribution < -0.4 is 14.8 Å². The number of carbonyl (C=O) groups excluding carboxylic acids is 2. The standard InChI is InChI=1S/C24H25FN2O4S/c1-14-16-11-15(25)7-8-21(16)32-22(14)23(28)26-18-13-20(31-3)19(30-2)12-17(18)24(29)27-9-5-4-6-10-27/h7-8,11-13H,4-6,9-10H2,1-3H3,(H,26,28). The second kappa shape index (κ2) is 9.16. The van der Waals surface area contributed by atoms with Crippen molar-refractivity contribution in [2.75, 3.05) is 32.6 Å². The molecule has 2 aromatic carbocycles. The zero-order chi connectivity index (χ0) is 22.8. The van der Waals surface area contributed by atoms with Crippen LogP contribution in [-0.2, 0) is 0 Å². The number of methoxy groups -OCH3 is 2. The average molecular weight is 457 g/mol. The lowest BCUT2D eigenvalue weighted by molar-refractivity contribution is 0.0725. The summed E-state index contributed by atoms with van der Waals surface area (Å²) in [5.41, 5.74) is 1.40. The molecule has 1 fully saturated rings. The van der Waals surface area contributed by atoms with Crippen LogP contribution in [0.5, 0.6) is 11.5 Å². The highest BCUT2D eigenvalue weighted by Crippen LogP contribution is 2.36. The van der Waals surface area contributed by atoms with E-state index in [2.05, 4.69) is 5.32 Å². The maximum Gasteiger partial charge on any atom is 0.266 e. The van der Waals surface area contributed by atoms with E-state index in [1.807, 2.05) is 0 Å². The number of nitrogens with zero attached hydrogens (tertiary/aromatic N) is 1. The van der Waals surface area contributed by atoms with E-state index in [1.165, 1.54) is 37.7 Å². The Bertz CT molecular complexity index is 1180. The molecule has 1 aliphatic heterocycles. The number of fused-ring (bicyclic) bond motifs is 1. The van der Waals surface area contributed by atoms with Gasteiger partial charge in [-0.15, -0.1) is 11.3 Å². The lowest BCUT2D eigenvalue weighted by Crippen LogP contribution is -2.36. The predicted molar refractivity (Wildman–Crippen MR) is 124 cm³/mol. The highest BCUT2D eigenvalue weighted by atomic mass is 32.1. The van der Waals surface area contributed by atoms with Gasteiger partial charge in [-0.1, -0.05) is 0 Å². The number of aryl methyl sites for hydroxylation is 1. The summed E-state index contributed by atoms with van der Waals surface area (Å²) in [5.74, 6) is -0.0349. The Balaban J connectivity index is 1.72. The number of amides is 2. The van der Waals surface area contributed by atoms with Crippen LogP contribution in [0.25, 0.3) is 10.1 Å². The molecule has 2 heterocycles. The first kappa shape index (κ1) is 22.1. The molecular weight excluding hydrogens is 431 g/mol. The lowest BCUT2D eigenvalue weighted by Gasteiger charge is -2.28. The molecule has 0 radical (unpaired) electrons. The smallest absolute Gasteiger partial charge is 0.266 e. The number of piperidine rings is 1. The number of ether oxygens (including phenoxy) is 2. The van der Waals surface area contributed by atoms with Crippen LogP contribution in [0.4, 0.5) is 10.1 Å². The maximum atomic E-state index is 13.7. The van der Waals surface area contributed by atoms with Crippen LogP contribution in [0.3, 0.4) is 0 Å². The molecule has 0 atom stereocenters. The predicted octanol–water partition coefficient (Wildman–Crippen LogP) is 5.24. The Labute approximate surface area is 189 Å². The van der Waals surface area contributed by atoms with Crippen molar-refractivity contribution in [2.24, 2.45) is 0 Å². The molecule has 6 nitrogen and oxygen atoms in total. The topological polar surface area (TPSA) is 67.9 Å². The van der Waals surface area contributed by atoms with Crippen LogP contribution in [-0.4, -0.2) is 44.0 Å². The van der Waals surface area contributed by atoms with Crippen LogP contribution in [0.2, 0.25) is 0 Å². The van der Waals surface area contributed by atoms with Gasteiger partial charge < -0.3 is 19.7 Å². The van der Waals surface area contributed by atoms with E-state index in [1.54, 1.807) is 30.0 Å². The first-order chi connectivity index (χ1) is 15.4. The van der Waals surface area contributed by atoms with Gasteiger partial charge in [-0.25, -0.2) is 4.39 Å². The van der Waals surface area contributed by atoms with Crippen LogP contribution >= 0.6 is 11.3 Å². The van der Waals surface area contributed by atoms with Crippen molar-refractivity contribution in [3.8, 4) is 11.5 Å². The van der Waals surface area contributed by atoms with E-state index >= 15 is 0 Å². The fourth-order valence-electron chi connectivity index (χ4n) is 4.02. The van der Waals surface area contributed by atoms with E-state index in [0.717, 1.165) is 24.0 Å². The Hall–Kier alpha value is -3.13. The zero-order valence-electron chi connectivity index (χ0n) is 18.3. The number of rotatable bonds is 5. The SMILES string of the molecule is COc1cc(NC(=O)c2sc3ccc(F)cc3c2C)c(C(=O)N2CCCCC2)cc1OC. The van der Waals surface area contributed by atoms with E-state index < -0.39 is 0 Å². The summed E-state index contributed by atoms with van der Waals surface area (Å²) in [7, 11) is 3.01. The number of hydrogen-bond acceptors (Lipinski definition) is 5. The van der Waals surface area contributed by atoms with Gasteiger partial charge in [0.05, 0.1) is 30.3 Å². The first-order valence-electron chi connectivity index (χ1n) is 10.5. The molecule has 0 saturated carbocycles. The first-order valence-corrected chi connectivity index (χ1v) is 11.3. The number of thiophene rings is 1. The molecule has 0 bridgehead atoms. The molecule has 4 rings (SSSR count). The normalized spacial score (nSPS) is 13.8.